The molecule has 0 saturated heterocycles. The molecule has 5 nitrogen and oxygen atoms in total. The van der Waals surface area contributed by atoms with Gasteiger partial charge in [-0.1, -0.05) is 32.0 Å². The van der Waals surface area contributed by atoms with Crippen LogP contribution in [-0.2, 0) is 4.79 Å². The van der Waals surface area contributed by atoms with Crippen molar-refractivity contribution < 1.29 is 19.0 Å². The Balaban J connectivity index is 1.67. The Morgan fingerprint density at radius 1 is 1.00 bits per heavy atom. The van der Waals surface area contributed by atoms with Crippen LogP contribution in [0.15, 0.2) is 36.4 Å². The van der Waals surface area contributed by atoms with E-state index in [0.717, 1.165) is 33.9 Å². The fourth-order valence-corrected chi connectivity index (χ4v) is 3.21. The third-order valence-electron chi connectivity index (χ3n) is 4.89. The lowest BCUT2D eigenvalue weighted by Crippen LogP contribution is -2.38. The molecule has 28 heavy (non-hydrogen) atoms. The second-order valence-corrected chi connectivity index (χ2v) is 7.59. The lowest BCUT2D eigenvalue weighted by atomic mass is 10.0. The lowest BCUT2D eigenvalue weighted by Gasteiger charge is -2.23. The molecule has 0 unspecified atom stereocenters. The molecule has 1 amide bonds. The minimum Gasteiger partial charge on any atom is -0.486 e. The fraction of sp³-hybridized carbons (Fsp3) is 0.435. The van der Waals surface area contributed by atoms with Crippen molar-refractivity contribution in [3.8, 4) is 17.2 Å². The van der Waals surface area contributed by atoms with Crippen molar-refractivity contribution in [3.63, 3.8) is 0 Å². The molecule has 2 aromatic carbocycles. The van der Waals surface area contributed by atoms with E-state index >= 15 is 0 Å². The van der Waals surface area contributed by atoms with Crippen LogP contribution in [0, 0.1) is 6.92 Å². The second kappa shape index (κ2) is 8.55. The standard InChI is InChI=1S/C23H29NO4/c1-14(2)19-8-6-15(3)12-21(19)28-17(5)23(25)24-16(4)18-7-9-20-22(13-18)27-11-10-26-20/h6-9,12-14,16-17H,10-11H2,1-5H3,(H,24,25)/t16-,17-/m0/s1. The molecule has 0 bridgehead atoms. The lowest BCUT2D eigenvalue weighted by molar-refractivity contribution is -0.127. The number of hydrogen-bond donors (Lipinski definition) is 1. The van der Waals surface area contributed by atoms with Gasteiger partial charge in [-0.05, 0) is 61.6 Å². The first kappa shape index (κ1) is 20.1. The van der Waals surface area contributed by atoms with Gasteiger partial charge < -0.3 is 19.5 Å². The predicted octanol–water partition coefficient (Wildman–Crippen LogP) is 4.53. The van der Waals surface area contributed by atoms with Crippen molar-refractivity contribution in [2.45, 2.75) is 52.7 Å². The number of rotatable bonds is 6. The molecule has 0 aliphatic carbocycles. The highest BCUT2D eigenvalue weighted by Gasteiger charge is 2.21. The summed E-state index contributed by atoms with van der Waals surface area (Å²) < 4.78 is 17.2. The number of hydrogen-bond acceptors (Lipinski definition) is 4. The van der Waals surface area contributed by atoms with Gasteiger partial charge in [-0.2, -0.15) is 0 Å². The molecular formula is C23H29NO4. The summed E-state index contributed by atoms with van der Waals surface area (Å²) in [7, 11) is 0. The number of ether oxygens (including phenoxy) is 3. The van der Waals surface area contributed by atoms with Gasteiger partial charge in [-0.25, -0.2) is 0 Å². The molecule has 0 saturated carbocycles. The third kappa shape index (κ3) is 4.58. The number of fused-ring (bicyclic) bond motifs is 1. The maximum atomic E-state index is 12.7. The normalized spacial score (nSPS) is 15.1. The van der Waals surface area contributed by atoms with E-state index in [0.29, 0.717) is 19.1 Å². The first-order valence-corrected chi connectivity index (χ1v) is 9.82. The first-order chi connectivity index (χ1) is 13.3. The maximum Gasteiger partial charge on any atom is 0.261 e. The van der Waals surface area contributed by atoms with Crippen LogP contribution < -0.4 is 19.5 Å². The molecule has 5 heteroatoms. The van der Waals surface area contributed by atoms with Crippen LogP contribution in [0.2, 0.25) is 0 Å². The van der Waals surface area contributed by atoms with E-state index in [-0.39, 0.29) is 11.9 Å². The van der Waals surface area contributed by atoms with Gasteiger partial charge in [0.1, 0.15) is 19.0 Å². The monoisotopic (exact) mass is 383 g/mol. The zero-order chi connectivity index (χ0) is 20.3. The molecule has 0 radical (unpaired) electrons. The third-order valence-corrected chi connectivity index (χ3v) is 4.89. The number of carbonyl (C=O) groups is 1. The average molecular weight is 383 g/mol. The SMILES string of the molecule is Cc1ccc(C(C)C)c(O[C@@H](C)C(=O)N[C@@H](C)c2ccc3c(c2)OCCO3)c1. The van der Waals surface area contributed by atoms with Crippen LogP contribution in [-0.4, -0.2) is 25.2 Å². The van der Waals surface area contributed by atoms with Crippen LogP contribution in [0.3, 0.4) is 0 Å². The van der Waals surface area contributed by atoms with Crippen LogP contribution in [0.5, 0.6) is 17.2 Å². The Hall–Kier alpha value is -2.69. The van der Waals surface area contributed by atoms with Gasteiger partial charge in [0.15, 0.2) is 17.6 Å². The van der Waals surface area contributed by atoms with Crippen molar-refractivity contribution in [3.05, 3.63) is 53.1 Å². The largest absolute Gasteiger partial charge is 0.486 e. The van der Waals surface area contributed by atoms with Gasteiger partial charge in [-0.3, -0.25) is 4.79 Å². The van der Waals surface area contributed by atoms with Crippen molar-refractivity contribution in [2.24, 2.45) is 0 Å². The molecule has 3 rings (SSSR count). The van der Waals surface area contributed by atoms with Gasteiger partial charge in [0.05, 0.1) is 6.04 Å². The maximum absolute atomic E-state index is 12.7. The summed E-state index contributed by atoms with van der Waals surface area (Å²) in [4.78, 5) is 12.7. The van der Waals surface area contributed by atoms with E-state index in [1.54, 1.807) is 6.92 Å². The molecule has 1 aliphatic rings. The molecule has 0 spiro atoms. The second-order valence-electron chi connectivity index (χ2n) is 7.59. The highest BCUT2D eigenvalue weighted by molar-refractivity contribution is 5.81. The Bertz CT molecular complexity index is 846. The van der Waals surface area contributed by atoms with Crippen molar-refractivity contribution in [1.29, 1.82) is 0 Å². The molecule has 150 valence electrons. The summed E-state index contributed by atoms with van der Waals surface area (Å²) in [6, 6.07) is 11.7. The highest BCUT2D eigenvalue weighted by atomic mass is 16.6. The summed E-state index contributed by atoms with van der Waals surface area (Å²) >= 11 is 0. The highest BCUT2D eigenvalue weighted by Crippen LogP contribution is 2.33. The number of benzene rings is 2. The first-order valence-electron chi connectivity index (χ1n) is 9.82. The van der Waals surface area contributed by atoms with Gasteiger partial charge in [0, 0.05) is 0 Å². The van der Waals surface area contributed by atoms with E-state index in [9.17, 15) is 4.79 Å². The topological polar surface area (TPSA) is 56.8 Å². The Labute approximate surface area is 167 Å². The fourth-order valence-electron chi connectivity index (χ4n) is 3.21. The van der Waals surface area contributed by atoms with E-state index in [4.69, 9.17) is 14.2 Å². The van der Waals surface area contributed by atoms with Crippen LogP contribution in [0.1, 0.15) is 56.3 Å². The van der Waals surface area contributed by atoms with Gasteiger partial charge in [-0.15, -0.1) is 0 Å². The van der Waals surface area contributed by atoms with Crippen LogP contribution in [0.4, 0.5) is 0 Å². The van der Waals surface area contributed by atoms with Gasteiger partial charge >= 0.3 is 0 Å². The predicted molar refractivity (Wildman–Crippen MR) is 109 cm³/mol. The molecular weight excluding hydrogens is 354 g/mol. The van der Waals surface area contributed by atoms with Crippen molar-refractivity contribution in [2.75, 3.05) is 13.2 Å². The number of nitrogens with one attached hydrogen (secondary N) is 1. The minimum absolute atomic E-state index is 0.154. The van der Waals surface area contributed by atoms with E-state index in [1.807, 2.05) is 38.1 Å². The molecule has 0 aromatic heterocycles. The average Bonchev–Trinajstić information content (AvgIpc) is 2.67. The summed E-state index contributed by atoms with van der Waals surface area (Å²) in [6.45, 7) is 11.1. The van der Waals surface area contributed by atoms with Crippen LogP contribution in [0.25, 0.3) is 0 Å². The quantitative estimate of drug-likeness (QED) is 0.796. The Morgan fingerprint density at radius 2 is 1.71 bits per heavy atom. The van der Waals surface area contributed by atoms with E-state index in [2.05, 4.69) is 31.3 Å². The number of aryl methyl sites for hydroxylation is 1. The van der Waals surface area contributed by atoms with E-state index in [1.165, 1.54) is 0 Å². The van der Waals surface area contributed by atoms with Gasteiger partial charge in [0.2, 0.25) is 0 Å². The number of amides is 1. The molecule has 0 fully saturated rings. The van der Waals surface area contributed by atoms with Crippen molar-refractivity contribution >= 4 is 5.91 Å². The minimum atomic E-state index is -0.598. The summed E-state index contributed by atoms with van der Waals surface area (Å²) in [5.74, 6) is 2.40. The summed E-state index contributed by atoms with van der Waals surface area (Å²) in [5, 5.41) is 3.03. The molecule has 1 aliphatic heterocycles. The molecule has 2 aromatic rings. The van der Waals surface area contributed by atoms with Crippen LogP contribution >= 0.6 is 0 Å². The summed E-state index contributed by atoms with van der Waals surface area (Å²) in [5.41, 5.74) is 3.17. The molecule has 1 heterocycles. The van der Waals surface area contributed by atoms with Gasteiger partial charge in [0.25, 0.3) is 5.91 Å². The smallest absolute Gasteiger partial charge is 0.261 e. The Morgan fingerprint density at radius 3 is 2.43 bits per heavy atom. The zero-order valence-electron chi connectivity index (χ0n) is 17.2. The Kier molecular flexibility index (Phi) is 6.12. The van der Waals surface area contributed by atoms with E-state index < -0.39 is 6.10 Å². The zero-order valence-corrected chi connectivity index (χ0v) is 17.2. The summed E-state index contributed by atoms with van der Waals surface area (Å²) in [6.07, 6.45) is -0.598. The molecule has 1 N–H and O–H groups in total. The molecule has 2 atom stereocenters. The van der Waals surface area contributed by atoms with Crippen molar-refractivity contribution in [1.82, 2.24) is 5.32 Å². The number of carbonyl (C=O) groups excluding carboxylic acids is 1.